The molecule has 0 unspecified atom stereocenters. The van der Waals surface area contributed by atoms with Crippen LogP contribution in [0.4, 0.5) is 11.4 Å². The molecule has 0 radical (unpaired) electrons. The normalized spacial score (nSPS) is 10.2. The fourth-order valence-corrected chi connectivity index (χ4v) is 1.60. The van der Waals surface area contributed by atoms with Crippen molar-refractivity contribution in [1.82, 2.24) is 0 Å². The zero-order valence-corrected chi connectivity index (χ0v) is 10.9. The molecule has 0 fully saturated rings. The quantitative estimate of drug-likeness (QED) is 0.365. The molecule has 0 bridgehead atoms. The first kappa shape index (κ1) is 13.7. The van der Waals surface area contributed by atoms with E-state index in [4.69, 9.17) is 0 Å². The molecule has 3 heteroatoms. The molecule has 1 rings (SSSR count). The summed E-state index contributed by atoms with van der Waals surface area (Å²) in [4.78, 5) is 0. The molecule has 0 heterocycles. The standard InChI is InChI=1S/C14H24N2O/c1-3-5-9-15-12-7-8-14(17)13(11-12)16-10-6-4-2/h7-8,11,15-17H,3-6,9-10H2,1-2H3. The molecule has 0 aliphatic rings. The Bertz CT molecular complexity index is 326. The van der Waals surface area contributed by atoms with E-state index in [0.29, 0.717) is 5.75 Å². The van der Waals surface area contributed by atoms with E-state index in [-0.39, 0.29) is 0 Å². The number of benzene rings is 1. The first-order valence-corrected chi connectivity index (χ1v) is 6.58. The lowest BCUT2D eigenvalue weighted by atomic mass is 10.2. The first-order valence-electron chi connectivity index (χ1n) is 6.58. The Morgan fingerprint density at radius 1 is 1.00 bits per heavy atom. The van der Waals surface area contributed by atoms with Gasteiger partial charge in [-0.1, -0.05) is 26.7 Å². The average Bonchev–Trinajstić information content (AvgIpc) is 2.33. The van der Waals surface area contributed by atoms with Crippen LogP contribution >= 0.6 is 0 Å². The van der Waals surface area contributed by atoms with Crippen molar-refractivity contribution in [1.29, 1.82) is 0 Å². The summed E-state index contributed by atoms with van der Waals surface area (Å²) >= 11 is 0. The molecule has 0 atom stereocenters. The zero-order valence-electron chi connectivity index (χ0n) is 10.9. The number of hydrogen-bond acceptors (Lipinski definition) is 3. The van der Waals surface area contributed by atoms with Crippen molar-refractivity contribution < 1.29 is 5.11 Å². The van der Waals surface area contributed by atoms with Crippen LogP contribution in [0.25, 0.3) is 0 Å². The van der Waals surface area contributed by atoms with Crippen LogP contribution in [0.2, 0.25) is 0 Å². The first-order chi connectivity index (χ1) is 8.27. The molecule has 1 aromatic rings. The van der Waals surface area contributed by atoms with Crippen molar-refractivity contribution in [3.8, 4) is 5.75 Å². The van der Waals surface area contributed by atoms with E-state index < -0.39 is 0 Å². The zero-order chi connectivity index (χ0) is 12.5. The number of nitrogens with one attached hydrogen (secondary N) is 2. The van der Waals surface area contributed by atoms with Gasteiger partial charge in [-0.25, -0.2) is 0 Å². The highest BCUT2D eigenvalue weighted by Crippen LogP contribution is 2.26. The average molecular weight is 236 g/mol. The fraction of sp³-hybridized carbons (Fsp3) is 0.571. The van der Waals surface area contributed by atoms with E-state index >= 15 is 0 Å². The van der Waals surface area contributed by atoms with Crippen LogP contribution in [-0.2, 0) is 0 Å². The summed E-state index contributed by atoms with van der Waals surface area (Å²) in [6, 6.07) is 5.62. The molecule has 0 amide bonds. The summed E-state index contributed by atoms with van der Waals surface area (Å²) in [5.41, 5.74) is 1.88. The maximum atomic E-state index is 9.72. The molecule has 0 aliphatic heterocycles. The van der Waals surface area contributed by atoms with Crippen LogP contribution in [0.1, 0.15) is 39.5 Å². The Kier molecular flexibility index (Phi) is 6.30. The molecule has 0 saturated carbocycles. The number of aromatic hydroxyl groups is 1. The van der Waals surface area contributed by atoms with Gasteiger partial charge in [0.15, 0.2) is 0 Å². The van der Waals surface area contributed by atoms with E-state index in [1.807, 2.05) is 12.1 Å². The van der Waals surface area contributed by atoms with E-state index in [0.717, 1.165) is 37.3 Å². The van der Waals surface area contributed by atoms with Gasteiger partial charge >= 0.3 is 0 Å². The van der Waals surface area contributed by atoms with Crippen molar-refractivity contribution in [2.24, 2.45) is 0 Å². The molecule has 0 saturated heterocycles. The predicted octanol–water partition coefficient (Wildman–Crippen LogP) is 3.82. The maximum Gasteiger partial charge on any atom is 0.138 e. The highest BCUT2D eigenvalue weighted by Gasteiger charge is 2.01. The molecule has 1 aromatic carbocycles. The monoisotopic (exact) mass is 236 g/mol. The van der Waals surface area contributed by atoms with Gasteiger partial charge in [-0.05, 0) is 31.0 Å². The van der Waals surface area contributed by atoms with Gasteiger partial charge in [-0.2, -0.15) is 0 Å². The lowest BCUT2D eigenvalue weighted by Crippen LogP contribution is -2.04. The number of phenolic OH excluding ortho intramolecular Hbond substituents is 1. The third-order valence-electron chi connectivity index (χ3n) is 2.70. The summed E-state index contributed by atoms with van der Waals surface area (Å²) in [6.45, 7) is 6.22. The van der Waals surface area contributed by atoms with E-state index in [9.17, 15) is 5.11 Å². The van der Waals surface area contributed by atoms with Gasteiger partial charge < -0.3 is 15.7 Å². The van der Waals surface area contributed by atoms with Crippen molar-refractivity contribution in [2.75, 3.05) is 23.7 Å². The number of unbranched alkanes of at least 4 members (excludes halogenated alkanes) is 2. The smallest absolute Gasteiger partial charge is 0.138 e. The second-order valence-corrected chi connectivity index (χ2v) is 4.29. The molecule has 17 heavy (non-hydrogen) atoms. The van der Waals surface area contributed by atoms with Gasteiger partial charge in [-0.15, -0.1) is 0 Å². The van der Waals surface area contributed by atoms with E-state index in [2.05, 4.69) is 24.5 Å². The highest BCUT2D eigenvalue weighted by molar-refractivity contribution is 5.64. The minimum absolute atomic E-state index is 0.321. The van der Waals surface area contributed by atoms with Crippen molar-refractivity contribution >= 4 is 11.4 Å². The Balaban J connectivity index is 2.53. The van der Waals surface area contributed by atoms with E-state index in [1.165, 1.54) is 12.8 Å². The molecule has 96 valence electrons. The number of rotatable bonds is 8. The predicted molar refractivity (Wildman–Crippen MR) is 74.9 cm³/mol. The second-order valence-electron chi connectivity index (χ2n) is 4.29. The van der Waals surface area contributed by atoms with Gasteiger partial charge in [0.25, 0.3) is 0 Å². The van der Waals surface area contributed by atoms with Crippen LogP contribution in [-0.4, -0.2) is 18.2 Å². The maximum absolute atomic E-state index is 9.72. The summed E-state index contributed by atoms with van der Waals surface area (Å²) in [7, 11) is 0. The molecule has 3 N–H and O–H groups in total. The lowest BCUT2D eigenvalue weighted by Gasteiger charge is -2.11. The Labute approximate surface area is 104 Å². The van der Waals surface area contributed by atoms with Crippen LogP contribution in [0, 0.1) is 0 Å². The molecule has 0 aromatic heterocycles. The van der Waals surface area contributed by atoms with Crippen LogP contribution in [0.5, 0.6) is 5.75 Å². The second kappa shape index (κ2) is 7.82. The lowest BCUT2D eigenvalue weighted by molar-refractivity contribution is 0.477. The minimum atomic E-state index is 0.321. The van der Waals surface area contributed by atoms with E-state index in [1.54, 1.807) is 6.07 Å². The molecule has 0 spiro atoms. The Hall–Kier alpha value is -1.38. The Morgan fingerprint density at radius 2 is 1.65 bits per heavy atom. The third-order valence-corrected chi connectivity index (χ3v) is 2.70. The summed E-state index contributed by atoms with van der Waals surface area (Å²) < 4.78 is 0. The fourth-order valence-electron chi connectivity index (χ4n) is 1.60. The largest absolute Gasteiger partial charge is 0.506 e. The number of hydrogen-bond donors (Lipinski definition) is 3. The third kappa shape index (κ3) is 4.98. The summed E-state index contributed by atoms with van der Waals surface area (Å²) in [6.07, 6.45) is 4.63. The van der Waals surface area contributed by atoms with Crippen LogP contribution < -0.4 is 10.6 Å². The number of anilines is 2. The molecular formula is C14H24N2O. The van der Waals surface area contributed by atoms with Crippen molar-refractivity contribution in [3.63, 3.8) is 0 Å². The summed E-state index contributed by atoms with van der Waals surface area (Å²) in [5.74, 6) is 0.321. The van der Waals surface area contributed by atoms with Crippen molar-refractivity contribution in [2.45, 2.75) is 39.5 Å². The van der Waals surface area contributed by atoms with Crippen molar-refractivity contribution in [3.05, 3.63) is 18.2 Å². The SMILES string of the molecule is CCCCNc1ccc(O)c(NCCCC)c1. The van der Waals surface area contributed by atoms with Gasteiger partial charge in [0, 0.05) is 18.8 Å². The van der Waals surface area contributed by atoms with Gasteiger partial charge in [0.2, 0.25) is 0 Å². The topological polar surface area (TPSA) is 44.3 Å². The minimum Gasteiger partial charge on any atom is -0.506 e. The molecule has 3 nitrogen and oxygen atoms in total. The molecule has 0 aliphatic carbocycles. The number of phenols is 1. The highest BCUT2D eigenvalue weighted by atomic mass is 16.3. The van der Waals surface area contributed by atoms with Gasteiger partial charge in [0.05, 0.1) is 5.69 Å². The van der Waals surface area contributed by atoms with Gasteiger partial charge in [0.1, 0.15) is 5.75 Å². The van der Waals surface area contributed by atoms with Crippen LogP contribution in [0.3, 0.4) is 0 Å². The molecular weight excluding hydrogens is 212 g/mol. The van der Waals surface area contributed by atoms with Crippen LogP contribution in [0.15, 0.2) is 18.2 Å². The van der Waals surface area contributed by atoms with Gasteiger partial charge in [-0.3, -0.25) is 0 Å². The Morgan fingerprint density at radius 3 is 2.29 bits per heavy atom. The summed E-state index contributed by atoms with van der Waals surface area (Å²) in [5, 5.41) is 16.3.